The standard InChI is InChI=1S/C21H18O/c1-3-19(15-17-11-7-5-8-12-17)21(22)20(4-2)16-18-13-9-6-10-14-18/h3-16H,1-2H2. The molecule has 0 unspecified atom stereocenters. The zero-order valence-electron chi connectivity index (χ0n) is 12.4. The average Bonchev–Trinajstić information content (AvgIpc) is 2.59. The molecule has 2 rings (SSSR count). The predicted octanol–water partition coefficient (Wildman–Crippen LogP) is 5.09. The molecule has 0 atom stereocenters. The van der Waals surface area contributed by atoms with Crippen LogP contribution in [0.15, 0.2) is 97.1 Å². The summed E-state index contributed by atoms with van der Waals surface area (Å²) in [7, 11) is 0. The Morgan fingerprint density at radius 3 is 1.36 bits per heavy atom. The Bertz CT molecular complexity index is 656. The van der Waals surface area contributed by atoms with Crippen molar-refractivity contribution in [3.05, 3.63) is 108 Å². The lowest BCUT2D eigenvalue weighted by molar-refractivity contribution is -0.111. The highest BCUT2D eigenvalue weighted by Gasteiger charge is 2.10. The van der Waals surface area contributed by atoms with Gasteiger partial charge >= 0.3 is 0 Å². The van der Waals surface area contributed by atoms with Crippen LogP contribution in [0.1, 0.15) is 11.1 Å². The van der Waals surface area contributed by atoms with Gasteiger partial charge < -0.3 is 0 Å². The second kappa shape index (κ2) is 7.75. The number of rotatable bonds is 6. The minimum atomic E-state index is -0.0855. The van der Waals surface area contributed by atoms with E-state index in [0.29, 0.717) is 11.1 Å². The normalized spacial score (nSPS) is 11.8. The van der Waals surface area contributed by atoms with Crippen LogP contribution in [0.3, 0.4) is 0 Å². The van der Waals surface area contributed by atoms with Gasteiger partial charge in [0.25, 0.3) is 0 Å². The lowest BCUT2D eigenvalue weighted by Crippen LogP contribution is -2.02. The van der Waals surface area contributed by atoms with Crippen molar-refractivity contribution in [1.29, 1.82) is 0 Å². The van der Waals surface area contributed by atoms with Gasteiger partial charge in [0.2, 0.25) is 0 Å². The first-order valence-electron chi connectivity index (χ1n) is 7.07. The molecular formula is C21H18O. The number of ketones is 1. The minimum Gasteiger partial charge on any atom is -0.289 e. The van der Waals surface area contributed by atoms with E-state index >= 15 is 0 Å². The molecule has 0 aliphatic carbocycles. The largest absolute Gasteiger partial charge is 0.289 e. The van der Waals surface area contributed by atoms with Crippen molar-refractivity contribution in [3.8, 4) is 0 Å². The first-order valence-corrected chi connectivity index (χ1v) is 7.07. The van der Waals surface area contributed by atoms with Crippen LogP contribution in [0, 0.1) is 0 Å². The van der Waals surface area contributed by atoms with Crippen LogP contribution in [0.2, 0.25) is 0 Å². The van der Waals surface area contributed by atoms with Gasteiger partial charge in [-0.25, -0.2) is 0 Å². The summed E-state index contributed by atoms with van der Waals surface area (Å²) in [5.74, 6) is -0.0855. The van der Waals surface area contributed by atoms with E-state index in [0.717, 1.165) is 11.1 Å². The van der Waals surface area contributed by atoms with E-state index in [2.05, 4.69) is 13.2 Å². The minimum absolute atomic E-state index is 0.0855. The van der Waals surface area contributed by atoms with E-state index in [1.807, 2.05) is 72.8 Å². The molecule has 0 saturated carbocycles. The SMILES string of the molecule is C=CC(=Cc1ccccc1)C(=O)C(C=C)=Cc1ccccc1. The highest BCUT2D eigenvalue weighted by Crippen LogP contribution is 2.16. The predicted molar refractivity (Wildman–Crippen MR) is 94.2 cm³/mol. The number of hydrogen-bond acceptors (Lipinski definition) is 1. The van der Waals surface area contributed by atoms with Crippen LogP contribution >= 0.6 is 0 Å². The Labute approximate surface area is 131 Å². The topological polar surface area (TPSA) is 17.1 Å². The second-order valence-electron chi connectivity index (χ2n) is 4.76. The van der Waals surface area contributed by atoms with E-state index in [1.54, 1.807) is 12.2 Å². The number of carbonyl (C=O) groups is 1. The monoisotopic (exact) mass is 286 g/mol. The van der Waals surface area contributed by atoms with Crippen molar-refractivity contribution in [2.45, 2.75) is 0 Å². The third kappa shape index (κ3) is 4.03. The summed E-state index contributed by atoms with van der Waals surface area (Å²) >= 11 is 0. The van der Waals surface area contributed by atoms with Gasteiger partial charge in [0.15, 0.2) is 5.78 Å². The first-order chi connectivity index (χ1) is 10.7. The van der Waals surface area contributed by atoms with Crippen LogP contribution in [-0.4, -0.2) is 5.78 Å². The Morgan fingerprint density at radius 1 is 0.682 bits per heavy atom. The van der Waals surface area contributed by atoms with Gasteiger partial charge in [0.1, 0.15) is 0 Å². The maximum absolute atomic E-state index is 12.6. The van der Waals surface area contributed by atoms with Crippen molar-refractivity contribution in [2.75, 3.05) is 0 Å². The third-order valence-corrected chi connectivity index (χ3v) is 3.21. The molecule has 2 aromatic carbocycles. The molecule has 0 amide bonds. The summed E-state index contributed by atoms with van der Waals surface area (Å²) in [6.45, 7) is 7.50. The smallest absolute Gasteiger partial charge is 0.193 e. The highest BCUT2D eigenvalue weighted by molar-refractivity contribution is 6.16. The van der Waals surface area contributed by atoms with Crippen molar-refractivity contribution in [3.63, 3.8) is 0 Å². The fraction of sp³-hybridized carbons (Fsp3) is 0. The molecule has 0 bridgehead atoms. The maximum atomic E-state index is 12.6. The number of carbonyl (C=O) groups excluding carboxylic acids is 1. The van der Waals surface area contributed by atoms with Crippen LogP contribution in [0.5, 0.6) is 0 Å². The third-order valence-electron chi connectivity index (χ3n) is 3.21. The van der Waals surface area contributed by atoms with Crippen LogP contribution in [0.4, 0.5) is 0 Å². The van der Waals surface area contributed by atoms with E-state index in [9.17, 15) is 4.79 Å². The van der Waals surface area contributed by atoms with Crippen molar-refractivity contribution in [1.82, 2.24) is 0 Å². The summed E-state index contributed by atoms with van der Waals surface area (Å²) in [4.78, 5) is 12.6. The van der Waals surface area contributed by atoms with Crippen LogP contribution < -0.4 is 0 Å². The zero-order chi connectivity index (χ0) is 15.8. The van der Waals surface area contributed by atoms with Gasteiger partial charge in [-0.15, -0.1) is 0 Å². The van der Waals surface area contributed by atoms with Crippen molar-refractivity contribution < 1.29 is 4.79 Å². The molecule has 0 aliphatic heterocycles. The number of allylic oxidation sites excluding steroid dienone is 4. The van der Waals surface area contributed by atoms with Gasteiger partial charge in [0, 0.05) is 11.1 Å². The molecule has 0 aromatic heterocycles. The van der Waals surface area contributed by atoms with Gasteiger partial charge in [-0.1, -0.05) is 86.0 Å². The fourth-order valence-corrected chi connectivity index (χ4v) is 2.06. The molecule has 108 valence electrons. The first kappa shape index (κ1) is 15.5. The Hall–Kier alpha value is -2.93. The van der Waals surface area contributed by atoms with Crippen LogP contribution in [-0.2, 0) is 4.79 Å². The van der Waals surface area contributed by atoms with Crippen LogP contribution in [0.25, 0.3) is 12.2 Å². The van der Waals surface area contributed by atoms with E-state index in [-0.39, 0.29) is 5.78 Å². The molecule has 0 fully saturated rings. The van der Waals surface area contributed by atoms with Gasteiger partial charge in [-0.05, 0) is 23.3 Å². The molecule has 0 heterocycles. The van der Waals surface area contributed by atoms with Gasteiger partial charge in [-0.2, -0.15) is 0 Å². The van der Waals surface area contributed by atoms with Gasteiger partial charge in [-0.3, -0.25) is 4.79 Å². The lowest BCUT2D eigenvalue weighted by atomic mass is 9.99. The van der Waals surface area contributed by atoms with E-state index in [1.165, 1.54) is 0 Å². The molecule has 1 nitrogen and oxygen atoms in total. The fourth-order valence-electron chi connectivity index (χ4n) is 2.06. The molecule has 1 heteroatoms. The molecule has 0 radical (unpaired) electrons. The molecule has 0 saturated heterocycles. The summed E-state index contributed by atoms with van der Waals surface area (Å²) in [5.41, 5.74) is 3.03. The van der Waals surface area contributed by atoms with Crippen molar-refractivity contribution in [2.24, 2.45) is 0 Å². The zero-order valence-corrected chi connectivity index (χ0v) is 12.4. The maximum Gasteiger partial charge on any atom is 0.193 e. The molecule has 0 N–H and O–H groups in total. The van der Waals surface area contributed by atoms with Crippen molar-refractivity contribution >= 4 is 17.9 Å². The molecule has 0 aliphatic rings. The highest BCUT2D eigenvalue weighted by atomic mass is 16.1. The lowest BCUT2D eigenvalue weighted by Gasteiger charge is -2.04. The second-order valence-corrected chi connectivity index (χ2v) is 4.76. The van der Waals surface area contributed by atoms with Gasteiger partial charge in [0.05, 0.1) is 0 Å². The summed E-state index contributed by atoms with van der Waals surface area (Å²) < 4.78 is 0. The summed E-state index contributed by atoms with van der Waals surface area (Å²) in [6.07, 6.45) is 6.82. The van der Waals surface area contributed by atoms with E-state index in [4.69, 9.17) is 0 Å². The molecule has 0 spiro atoms. The number of benzene rings is 2. The average molecular weight is 286 g/mol. The Morgan fingerprint density at radius 2 is 1.05 bits per heavy atom. The Kier molecular flexibility index (Phi) is 5.44. The Balaban J connectivity index is 2.34. The molecule has 2 aromatic rings. The summed E-state index contributed by atoms with van der Waals surface area (Å²) in [5, 5.41) is 0. The van der Waals surface area contributed by atoms with E-state index < -0.39 is 0 Å². The molecule has 22 heavy (non-hydrogen) atoms. The molecular weight excluding hydrogens is 268 g/mol. The number of hydrogen-bond donors (Lipinski definition) is 0. The summed E-state index contributed by atoms with van der Waals surface area (Å²) in [6, 6.07) is 19.4. The quantitative estimate of drug-likeness (QED) is 0.533. The number of Topliss-reactive ketones (excluding diaryl/α,β-unsaturated/α-hetero) is 1.